The minimum absolute atomic E-state index is 0.408. The van der Waals surface area contributed by atoms with Crippen LogP contribution < -0.4 is 9.80 Å². The number of anilines is 2. The molecule has 0 fully saturated rings. The highest BCUT2D eigenvalue weighted by atomic mass is 16.2. The van der Waals surface area contributed by atoms with E-state index in [0.717, 1.165) is 32.3 Å². The third-order valence-corrected chi connectivity index (χ3v) is 10.9. The Bertz CT molecular complexity index is 2950. The Kier molecular flexibility index (Phi) is 7.23. The fraction of sp³-hybridized carbons (Fsp3) is 0. The molecule has 10 heteroatoms. The van der Waals surface area contributed by atoms with Crippen LogP contribution in [-0.2, 0) is 0 Å². The molecule has 0 unspecified atom stereocenters. The number of hydrogen-bond donors (Lipinski definition) is 0. The molecule has 0 saturated heterocycles. The van der Waals surface area contributed by atoms with Gasteiger partial charge in [0.15, 0.2) is 0 Å². The van der Waals surface area contributed by atoms with Gasteiger partial charge >= 0.3 is 0 Å². The van der Waals surface area contributed by atoms with Gasteiger partial charge in [-0.05, 0) is 129 Å². The fourth-order valence-corrected chi connectivity index (χ4v) is 8.29. The van der Waals surface area contributed by atoms with E-state index >= 15 is 0 Å². The van der Waals surface area contributed by atoms with Crippen LogP contribution in [0, 0.1) is 0 Å². The molecule has 0 saturated carbocycles. The monoisotopic (exact) mass is 750 g/mol. The lowest BCUT2D eigenvalue weighted by Gasteiger charge is -2.30. The van der Waals surface area contributed by atoms with Crippen molar-refractivity contribution in [2.45, 2.75) is 0 Å². The zero-order valence-electron chi connectivity index (χ0n) is 30.3. The van der Waals surface area contributed by atoms with E-state index < -0.39 is 23.6 Å². The highest BCUT2D eigenvalue weighted by molar-refractivity contribution is 6.45. The molecule has 11 rings (SSSR count). The van der Waals surface area contributed by atoms with Gasteiger partial charge in [-0.25, -0.2) is 9.80 Å². The second-order valence-electron chi connectivity index (χ2n) is 14.1. The zero-order chi connectivity index (χ0) is 39.1. The average molecular weight is 751 g/mol. The summed E-state index contributed by atoms with van der Waals surface area (Å²) in [6.07, 6.45) is 0. The van der Waals surface area contributed by atoms with Crippen molar-refractivity contribution in [2.24, 2.45) is 20.5 Å². The largest absolute Gasteiger partial charge is 0.268 e. The maximum Gasteiger partial charge on any atom is 0.265 e. The van der Waals surface area contributed by atoms with Crippen molar-refractivity contribution in [2.75, 3.05) is 9.80 Å². The van der Waals surface area contributed by atoms with Crippen LogP contribution in [0.15, 0.2) is 178 Å². The Morgan fingerprint density at radius 1 is 0.276 bits per heavy atom. The molecule has 4 amide bonds. The van der Waals surface area contributed by atoms with Gasteiger partial charge in [0.1, 0.15) is 0 Å². The van der Waals surface area contributed by atoms with Gasteiger partial charge in [-0.1, -0.05) is 60.7 Å². The van der Waals surface area contributed by atoms with E-state index in [0.29, 0.717) is 67.2 Å². The van der Waals surface area contributed by atoms with Gasteiger partial charge in [0, 0.05) is 33.0 Å². The molecule has 0 aliphatic carbocycles. The normalized spacial score (nSPS) is 14.1. The third kappa shape index (κ3) is 4.92. The predicted molar refractivity (Wildman–Crippen MR) is 224 cm³/mol. The second kappa shape index (κ2) is 12.7. The number of azo groups is 2. The van der Waals surface area contributed by atoms with Crippen LogP contribution >= 0.6 is 0 Å². The number of rotatable bonds is 6. The van der Waals surface area contributed by atoms with Crippen molar-refractivity contribution < 1.29 is 19.2 Å². The van der Waals surface area contributed by atoms with E-state index in [1.807, 2.05) is 84.9 Å². The molecular formula is C48H26N6O4. The molecule has 272 valence electrons. The lowest BCUT2D eigenvalue weighted by molar-refractivity contribution is 0.0877. The number of imide groups is 2. The molecule has 10 nitrogen and oxygen atoms in total. The van der Waals surface area contributed by atoms with E-state index in [2.05, 4.69) is 20.5 Å². The van der Waals surface area contributed by atoms with Crippen LogP contribution in [0.5, 0.6) is 0 Å². The van der Waals surface area contributed by atoms with E-state index in [9.17, 15) is 19.2 Å². The van der Waals surface area contributed by atoms with E-state index in [4.69, 9.17) is 0 Å². The molecule has 0 spiro atoms. The van der Waals surface area contributed by atoms with Crippen LogP contribution in [0.2, 0.25) is 0 Å². The van der Waals surface area contributed by atoms with Gasteiger partial charge in [-0.3, -0.25) is 19.2 Å². The first kappa shape index (κ1) is 33.1. The summed E-state index contributed by atoms with van der Waals surface area (Å²) >= 11 is 0. The topological polar surface area (TPSA) is 124 Å². The SMILES string of the molecule is O=C1c2ccc3c4ccc5c6c(ccc(c7ccc(c2c37)C(=O)N1c1ccc(/N=N\c2ccccc2)cc1)c64)C(=O)N(c1ccc(/N=N\c2ccccc2)cc1)C5=O. The van der Waals surface area contributed by atoms with Gasteiger partial charge in [0.05, 0.1) is 34.1 Å². The molecule has 9 aromatic carbocycles. The maximum absolute atomic E-state index is 14.2. The van der Waals surface area contributed by atoms with Gasteiger partial charge in [0.2, 0.25) is 0 Å². The molecule has 0 atom stereocenters. The van der Waals surface area contributed by atoms with Crippen molar-refractivity contribution in [1.82, 2.24) is 0 Å². The summed E-state index contributed by atoms with van der Waals surface area (Å²) in [5.41, 5.74) is 5.05. The van der Waals surface area contributed by atoms with E-state index in [1.165, 1.54) is 9.80 Å². The third-order valence-electron chi connectivity index (χ3n) is 10.9. The second-order valence-corrected chi connectivity index (χ2v) is 14.1. The number of nitrogens with zero attached hydrogens (tertiary/aromatic N) is 6. The molecule has 2 heterocycles. The van der Waals surface area contributed by atoms with Crippen molar-refractivity contribution in [3.05, 3.63) is 180 Å². The summed E-state index contributed by atoms with van der Waals surface area (Å²) in [5, 5.41) is 23.1. The molecule has 0 aromatic heterocycles. The lowest BCUT2D eigenvalue weighted by atomic mass is 9.82. The highest BCUT2D eigenvalue weighted by Gasteiger charge is 2.38. The summed E-state index contributed by atoms with van der Waals surface area (Å²) in [7, 11) is 0. The van der Waals surface area contributed by atoms with Crippen LogP contribution in [-0.4, -0.2) is 23.6 Å². The van der Waals surface area contributed by atoms with Gasteiger partial charge in [-0.15, -0.1) is 0 Å². The summed E-state index contributed by atoms with van der Waals surface area (Å²) in [6, 6.07) is 47.0. The molecule has 0 bridgehead atoms. The Morgan fingerprint density at radius 2 is 0.552 bits per heavy atom. The zero-order valence-corrected chi connectivity index (χ0v) is 30.3. The fourth-order valence-electron chi connectivity index (χ4n) is 8.29. The van der Waals surface area contributed by atoms with Gasteiger partial charge in [0.25, 0.3) is 23.6 Å². The molecule has 58 heavy (non-hydrogen) atoms. The van der Waals surface area contributed by atoms with Crippen LogP contribution in [0.25, 0.3) is 43.1 Å². The summed E-state index contributed by atoms with van der Waals surface area (Å²) in [4.78, 5) is 59.3. The first-order valence-corrected chi connectivity index (χ1v) is 18.6. The maximum atomic E-state index is 14.2. The van der Waals surface area contributed by atoms with Crippen molar-refractivity contribution in [1.29, 1.82) is 0 Å². The molecule has 0 radical (unpaired) electrons. The van der Waals surface area contributed by atoms with Gasteiger partial charge < -0.3 is 0 Å². The van der Waals surface area contributed by atoms with Crippen LogP contribution in [0.4, 0.5) is 34.1 Å². The molecule has 2 aliphatic heterocycles. The Hall–Kier alpha value is -8.24. The van der Waals surface area contributed by atoms with E-state index in [-0.39, 0.29) is 0 Å². The number of benzene rings is 9. The van der Waals surface area contributed by atoms with Crippen LogP contribution in [0.1, 0.15) is 41.4 Å². The Morgan fingerprint density at radius 3 is 0.845 bits per heavy atom. The number of hydrogen-bond acceptors (Lipinski definition) is 8. The van der Waals surface area contributed by atoms with Gasteiger partial charge in [-0.2, -0.15) is 20.5 Å². The molecule has 0 N–H and O–H groups in total. The number of carbonyl (C=O) groups is 4. The smallest absolute Gasteiger partial charge is 0.265 e. The van der Waals surface area contributed by atoms with Crippen molar-refractivity contribution >= 4 is 101 Å². The summed E-state index contributed by atoms with van der Waals surface area (Å²) < 4.78 is 0. The van der Waals surface area contributed by atoms with Crippen molar-refractivity contribution in [3.8, 4) is 0 Å². The molecule has 2 aliphatic rings. The minimum Gasteiger partial charge on any atom is -0.268 e. The summed E-state index contributed by atoms with van der Waals surface area (Å²) in [5.74, 6) is -1.72. The first-order chi connectivity index (χ1) is 28.4. The summed E-state index contributed by atoms with van der Waals surface area (Å²) in [6.45, 7) is 0. The Balaban J connectivity index is 0.971. The lowest BCUT2D eigenvalue weighted by Crippen LogP contribution is -2.40. The highest BCUT2D eigenvalue weighted by Crippen LogP contribution is 2.47. The first-order valence-electron chi connectivity index (χ1n) is 18.6. The number of amides is 4. The standard InChI is InChI=1S/C48H26N6O4/c55-45-37-23-19-33-35-21-25-39-44-40(48(58)54(47(39)57)32-17-13-30(14-18-32)52-50-28-9-5-2-6-10-28)26-22-36(42(35)44)34-20-24-38(43(37)41(33)34)46(56)53(45)31-15-11-29(12-16-31)51-49-27-7-3-1-4-8-27/h1-26H/b51-49-,52-50-. The van der Waals surface area contributed by atoms with Crippen LogP contribution in [0.3, 0.4) is 0 Å². The number of carbonyl (C=O) groups excluding carboxylic acids is 4. The van der Waals surface area contributed by atoms with Crippen molar-refractivity contribution in [3.63, 3.8) is 0 Å². The molecular weight excluding hydrogens is 725 g/mol. The number of fused-ring (bicyclic) bond motifs is 2. The average Bonchev–Trinajstić information content (AvgIpc) is 3.27. The molecule has 9 aromatic rings. The minimum atomic E-state index is -0.431. The predicted octanol–water partition coefficient (Wildman–Crippen LogP) is 12.2. The van der Waals surface area contributed by atoms with E-state index in [1.54, 1.807) is 72.8 Å². The Labute approximate surface area is 329 Å². The quantitative estimate of drug-likeness (QED) is 0.0726.